The monoisotopic (exact) mass is 215 g/mol. The molecule has 0 unspecified atom stereocenters. The number of rotatable bonds is 3. The van der Waals surface area contributed by atoms with Crippen LogP contribution in [0.2, 0.25) is 0 Å². The van der Waals surface area contributed by atoms with Gasteiger partial charge in [-0.2, -0.15) is 0 Å². The molecule has 3 nitrogen and oxygen atoms in total. The SMILES string of the molecule is CCc1ccc(CNC(=S)NN)s1. The van der Waals surface area contributed by atoms with Gasteiger partial charge in [0.1, 0.15) is 0 Å². The minimum absolute atomic E-state index is 0.478. The Balaban J connectivity index is 2.41. The van der Waals surface area contributed by atoms with E-state index < -0.39 is 0 Å². The minimum atomic E-state index is 0.478. The van der Waals surface area contributed by atoms with E-state index in [1.807, 2.05) is 0 Å². The largest absolute Gasteiger partial charge is 0.357 e. The molecule has 0 aliphatic heterocycles. The summed E-state index contributed by atoms with van der Waals surface area (Å²) in [5, 5.41) is 3.47. The standard InChI is InChI=1S/C8H13N3S2/c1-2-6-3-4-7(13-6)5-10-8(12)11-9/h3-4H,2,5,9H2,1H3,(H2,10,11,12). The number of hydrazine groups is 1. The molecular weight excluding hydrogens is 202 g/mol. The molecule has 13 heavy (non-hydrogen) atoms. The van der Waals surface area contributed by atoms with E-state index in [4.69, 9.17) is 18.1 Å². The predicted molar refractivity (Wildman–Crippen MR) is 60.5 cm³/mol. The zero-order valence-electron chi connectivity index (χ0n) is 7.46. The van der Waals surface area contributed by atoms with Crippen LogP contribution in [0.25, 0.3) is 0 Å². The molecule has 0 saturated heterocycles. The van der Waals surface area contributed by atoms with Gasteiger partial charge in [0, 0.05) is 9.75 Å². The van der Waals surface area contributed by atoms with Crippen molar-refractivity contribution in [2.45, 2.75) is 19.9 Å². The van der Waals surface area contributed by atoms with E-state index in [2.05, 4.69) is 29.8 Å². The molecular formula is C8H13N3S2. The third-order valence-corrected chi connectivity index (χ3v) is 3.11. The average Bonchev–Trinajstić information content (AvgIpc) is 2.61. The summed E-state index contributed by atoms with van der Waals surface area (Å²) >= 11 is 6.64. The molecule has 0 aliphatic rings. The van der Waals surface area contributed by atoms with E-state index in [1.54, 1.807) is 11.3 Å². The molecule has 1 aromatic heterocycles. The second kappa shape index (κ2) is 5.16. The summed E-state index contributed by atoms with van der Waals surface area (Å²) in [5.74, 6) is 5.12. The minimum Gasteiger partial charge on any atom is -0.357 e. The van der Waals surface area contributed by atoms with E-state index in [0.29, 0.717) is 5.11 Å². The first-order valence-corrected chi connectivity index (χ1v) is 5.30. The lowest BCUT2D eigenvalue weighted by atomic mass is 10.4. The van der Waals surface area contributed by atoms with Crippen molar-refractivity contribution >= 4 is 28.7 Å². The van der Waals surface area contributed by atoms with Crippen LogP contribution in [0.15, 0.2) is 12.1 Å². The van der Waals surface area contributed by atoms with Gasteiger partial charge in [0.15, 0.2) is 5.11 Å². The van der Waals surface area contributed by atoms with Crippen molar-refractivity contribution < 1.29 is 0 Å². The molecule has 1 aromatic rings. The van der Waals surface area contributed by atoms with Crippen LogP contribution in [0.3, 0.4) is 0 Å². The van der Waals surface area contributed by atoms with Crippen molar-refractivity contribution in [1.29, 1.82) is 0 Å². The highest BCUT2D eigenvalue weighted by Crippen LogP contribution is 2.16. The molecule has 0 amide bonds. The Morgan fingerprint density at radius 2 is 2.23 bits per heavy atom. The van der Waals surface area contributed by atoms with Crippen molar-refractivity contribution in [2.75, 3.05) is 0 Å². The number of hydrogen-bond acceptors (Lipinski definition) is 3. The molecule has 5 heteroatoms. The fraction of sp³-hybridized carbons (Fsp3) is 0.375. The predicted octanol–water partition coefficient (Wildman–Crippen LogP) is 1.15. The third kappa shape index (κ3) is 3.30. The van der Waals surface area contributed by atoms with Gasteiger partial charge in [-0.3, -0.25) is 0 Å². The van der Waals surface area contributed by atoms with Crippen LogP contribution in [-0.4, -0.2) is 5.11 Å². The van der Waals surface area contributed by atoms with E-state index in [-0.39, 0.29) is 0 Å². The molecule has 0 atom stereocenters. The second-order valence-corrected chi connectivity index (χ2v) is 4.21. The van der Waals surface area contributed by atoms with Crippen LogP contribution in [0.5, 0.6) is 0 Å². The van der Waals surface area contributed by atoms with Gasteiger partial charge in [-0.25, -0.2) is 5.84 Å². The van der Waals surface area contributed by atoms with Gasteiger partial charge in [-0.15, -0.1) is 11.3 Å². The summed E-state index contributed by atoms with van der Waals surface area (Å²) < 4.78 is 0. The molecule has 0 fully saturated rings. The fourth-order valence-electron chi connectivity index (χ4n) is 0.926. The lowest BCUT2D eigenvalue weighted by Gasteiger charge is -2.03. The molecule has 0 bridgehead atoms. The zero-order chi connectivity index (χ0) is 9.68. The van der Waals surface area contributed by atoms with Gasteiger partial charge in [-0.1, -0.05) is 6.92 Å². The molecule has 0 radical (unpaired) electrons. The number of aryl methyl sites for hydroxylation is 1. The normalized spacial score (nSPS) is 9.69. The van der Waals surface area contributed by atoms with E-state index in [0.717, 1.165) is 13.0 Å². The first-order chi connectivity index (χ1) is 6.26. The van der Waals surface area contributed by atoms with Crippen LogP contribution in [0.4, 0.5) is 0 Å². The smallest absolute Gasteiger partial charge is 0.180 e. The summed E-state index contributed by atoms with van der Waals surface area (Å²) in [6, 6.07) is 4.25. The van der Waals surface area contributed by atoms with Crippen molar-refractivity contribution in [3.05, 3.63) is 21.9 Å². The summed E-state index contributed by atoms with van der Waals surface area (Å²) in [7, 11) is 0. The molecule has 4 N–H and O–H groups in total. The number of nitrogens with two attached hydrogens (primary N) is 1. The second-order valence-electron chi connectivity index (χ2n) is 2.55. The van der Waals surface area contributed by atoms with Crippen LogP contribution in [-0.2, 0) is 13.0 Å². The molecule has 1 rings (SSSR count). The molecule has 0 saturated carbocycles. The maximum Gasteiger partial charge on any atom is 0.180 e. The molecule has 1 heterocycles. The summed E-state index contributed by atoms with van der Waals surface area (Å²) in [6.07, 6.45) is 1.09. The highest BCUT2D eigenvalue weighted by molar-refractivity contribution is 7.80. The molecule has 0 aliphatic carbocycles. The molecule has 72 valence electrons. The van der Waals surface area contributed by atoms with Gasteiger partial charge in [0.25, 0.3) is 0 Å². The Bertz CT molecular complexity index is 283. The maximum absolute atomic E-state index is 5.12. The third-order valence-electron chi connectivity index (χ3n) is 1.62. The maximum atomic E-state index is 5.12. The Labute approximate surface area is 87.3 Å². The fourth-order valence-corrected chi connectivity index (χ4v) is 1.90. The van der Waals surface area contributed by atoms with Gasteiger partial charge in [0.2, 0.25) is 0 Å². The van der Waals surface area contributed by atoms with E-state index in [9.17, 15) is 0 Å². The summed E-state index contributed by atoms with van der Waals surface area (Å²) in [5.41, 5.74) is 2.38. The van der Waals surface area contributed by atoms with Crippen LogP contribution in [0.1, 0.15) is 16.7 Å². The summed E-state index contributed by atoms with van der Waals surface area (Å²) in [6.45, 7) is 2.89. The van der Waals surface area contributed by atoms with E-state index >= 15 is 0 Å². The quantitative estimate of drug-likeness (QED) is 0.402. The van der Waals surface area contributed by atoms with Crippen LogP contribution in [0, 0.1) is 0 Å². The molecule has 0 aromatic carbocycles. The highest BCUT2D eigenvalue weighted by Gasteiger charge is 1.98. The molecule has 0 spiro atoms. The van der Waals surface area contributed by atoms with E-state index in [1.165, 1.54) is 9.75 Å². The lowest BCUT2D eigenvalue weighted by Crippen LogP contribution is -2.39. The Morgan fingerprint density at radius 3 is 2.77 bits per heavy atom. The Kier molecular flexibility index (Phi) is 4.14. The van der Waals surface area contributed by atoms with Crippen LogP contribution >= 0.6 is 23.6 Å². The van der Waals surface area contributed by atoms with Gasteiger partial charge in [0.05, 0.1) is 6.54 Å². The number of hydrogen-bond donors (Lipinski definition) is 3. The Hall–Kier alpha value is -0.650. The first-order valence-electron chi connectivity index (χ1n) is 4.08. The van der Waals surface area contributed by atoms with Crippen molar-refractivity contribution in [1.82, 2.24) is 10.7 Å². The van der Waals surface area contributed by atoms with Gasteiger partial charge >= 0.3 is 0 Å². The van der Waals surface area contributed by atoms with Gasteiger partial charge < -0.3 is 10.7 Å². The van der Waals surface area contributed by atoms with Crippen molar-refractivity contribution in [3.8, 4) is 0 Å². The number of nitrogens with one attached hydrogen (secondary N) is 2. The van der Waals surface area contributed by atoms with Gasteiger partial charge in [-0.05, 0) is 30.8 Å². The average molecular weight is 215 g/mol. The summed E-state index contributed by atoms with van der Waals surface area (Å²) in [4.78, 5) is 2.66. The first kappa shape index (κ1) is 10.4. The number of thiophene rings is 1. The van der Waals surface area contributed by atoms with Crippen LogP contribution < -0.4 is 16.6 Å². The lowest BCUT2D eigenvalue weighted by molar-refractivity contribution is 0.878. The topological polar surface area (TPSA) is 50.1 Å². The highest BCUT2D eigenvalue weighted by atomic mass is 32.1. The van der Waals surface area contributed by atoms with Crippen molar-refractivity contribution in [3.63, 3.8) is 0 Å². The Morgan fingerprint density at radius 1 is 1.54 bits per heavy atom. The zero-order valence-corrected chi connectivity index (χ0v) is 9.10. The number of thiocarbonyl (C=S) groups is 1. The van der Waals surface area contributed by atoms with Crippen molar-refractivity contribution in [2.24, 2.45) is 5.84 Å².